The molecule has 0 bridgehead atoms. The molecular weight excluding hydrogens is 358 g/mol. The van der Waals surface area contributed by atoms with Crippen LogP contribution in [0.1, 0.15) is 37.7 Å². The van der Waals surface area contributed by atoms with Crippen LogP contribution in [0.2, 0.25) is 0 Å². The van der Waals surface area contributed by atoms with Gasteiger partial charge in [-0.05, 0) is 37.3 Å². The molecule has 144 valence electrons. The first-order valence-corrected chi connectivity index (χ1v) is 11.0. The van der Waals surface area contributed by atoms with Gasteiger partial charge in [-0.15, -0.1) is 0 Å². The van der Waals surface area contributed by atoms with E-state index in [1.54, 1.807) is 6.33 Å². The van der Waals surface area contributed by atoms with Crippen molar-refractivity contribution < 1.29 is 4.74 Å². The second-order valence-electron chi connectivity index (χ2n) is 7.09. The lowest BCUT2D eigenvalue weighted by atomic mass is 9.98. The van der Waals surface area contributed by atoms with Crippen molar-refractivity contribution in [2.75, 3.05) is 34.8 Å². The average Bonchev–Trinajstić information content (AvgIpc) is 2.74. The Balaban J connectivity index is 1.35. The fourth-order valence-electron chi connectivity index (χ4n) is 3.58. The maximum atomic E-state index is 6.07. The SMILES string of the molecule is c1cc(CNc2cc(N3CCSCC3)ncn2)cc(OC2CCCCC2)n1. The number of pyridine rings is 1. The first-order chi connectivity index (χ1) is 13.4. The highest BCUT2D eigenvalue weighted by molar-refractivity contribution is 7.99. The van der Waals surface area contributed by atoms with Crippen LogP contribution >= 0.6 is 11.8 Å². The van der Waals surface area contributed by atoms with Gasteiger partial charge in [0.15, 0.2) is 0 Å². The van der Waals surface area contributed by atoms with Crippen molar-refractivity contribution in [1.29, 1.82) is 0 Å². The second-order valence-corrected chi connectivity index (χ2v) is 8.32. The van der Waals surface area contributed by atoms with E-state index in [-0.39, 0.29) is 0 Å². The Morgan fingerprint density at radius 2 is 1.93 bits per heavy atom. The molecule has 6 nitrogen and oxygen atoms in total. The molecule has 0 atom stereocenters. The zero-order chi connectivity index (χ0) is 18.3. The molecule has 0 aromatic carbocycles. The molecule has 0 radical (unpaired) electrons. The Labute approximate surface area is 165 Å². The van der Waals surface area contributed by atoms with E-state index in [0.717, 1.165) is 60.5 Å². The third-order valence-corrected chi connectivity index (χ3v) is 6.04. The van der Waals surface area contributed by atoms with Crippen molar-refractivity contribution in [3.63, 3.8) is 0 Å². The fraction of sp³-hybridized carbons (Fsp3) is 0.550. The van der Waals surface area contributed by atoms with E-state index < -0.39 is 0 Å². The van der Waals surface area contributed by atoms with Crippen LogP contribution in [-0.2, 0) is 6.54 Å². The third kappa shape index (κ3) is 5.25. The number of ether oxygens (including phenoxy) is 1. The summed E-state index contributed by atoms with van der Waals surface area (Å²) in [7, 11) is 0. The molecule has 1 saturated heterocycles. The molecule has 3 heterocycles. The van der Waals surface area contributed by atoms with Gasteiger partial charge in [-0.1, -0.05) is 6.42 Å². The van der Waals surface area contributed by atoms with Crippen molar-refractivity contribution >= 4 is 23.4 Å². The molecule has 2 aromatic heterocycles. The van der Waals surface area contributed by atoms with E-state index in [4.69, 9.17) is 4.74 Å². The van der Waals surface area contributed by atoms with E-state index in [1.165, 1.54) is 19.3 Å². The van der Waals surface area contributed by atoms with E-state index in [9.17, 15) is 0 Å². The maximum Gasteiger partial charge on any atom is 0.213 e. The van der Waals surface area contributed by atoms with Crippen LogP contribution in [0.15, 0.2) is 30.7 Å². The van der Waals surface area contributed by atoms with Gasteiger partial charge in [0.2, 0.25) is 5.88 Å². The smallest absolute Gasteiger partial charge is 0.213 e. The zero-order valence-electron chi connectivity index (χ0n) is 15.6. The molecule has 2 fully saturated rings. The predicted octanol–water partition coefficient (Wildman–Crippen LogP) is 3.75. The van der Waals surface area contributed by atoms with Crippen molar-refractivity contribution in [2.45, 2.75) is 44.8 Å². The van der Waals surface area contributed by atoms with Crippen LogP contribution in [0.25, 0.3) is 0 Å². The molecule has 27 heavy (non-hydrogen) atoms. The Morgan fingerprint density at radius 1 is 1.07 bits per heavy atom. The van der Waals surface area contributed by atoms with Crippen LogP contribution in [0.3, 0.4) is 0 Å². The molecular formula is C20H27N5OS. The predicted molar refractivity (Wildman–Crippen MR) is 111 cm³/mol. The normalized spacial score (nSPS) is 18.3. The molecule has 4 rings (SSSR count). The molecule has 0 amide bonds. The average molecular weight is 386 g/mol. The summed E-state index contributed by atoms with van der Waals surface area (Å²) in [6.07, 6.45) is 9.92. The quantitative estimate of drug-likeness (QED) is 0.812. The summed E-state index contributed by atoms with van der Waals surface area (Å²) in [5.41, 5.74) is 1.14. The summed E-state index contributed by atoms with van der Waals surface area (Å²) >= 11 is 2.00. The number of hydrogen-bond donors (Lipinski definition) is 1. The van der Waals surface area contributed by atoms with E-state index in [0.29, 0.717) is 12.6 Å². The van der Waals surface area contributed by atoms with Crippen LogP contribution in [0, 0.1) is 0 Å². The minimum Gasteiger partial charge on any atom is -0.474 e. The second kappa shape index (κ2) is 9.26. The van der Waals surface area contributed by atoms with E-state index in [2.05, 4.69) is 25.2 Å². The van der Waals surface area contributed by atoms with Gasteiger partial charge < -0.3 is 15.0 Å². The van der Waals surface area contributed by atoms with Crippen LogP contribution in [0.5, 0.6) is 5.88 Å². The summed E-state index contributed by atoms with van der Waals surface area (Å²) in [6.45, 7) is 2.79. The van der Waals surface area contributed by atoms with Gasteiger partial charge in [0, 0.05) is 49.5 Å². The summed E-state index contributed by atoms with van der Waals surface area (Å²) in [4.78, 5) is 15.5. The Hall–Kier alpha value is -2.02. The highest BCUT2D eigenvalue weighted by atomic mass is 32.2. The number of thioether (sulfide) groups is 1. The van der Waals surface area contributed by atoms with Gasteiger partial charge >= 0.3 is 0 Å². The molecule has 1 aliphatic heterocycles. The highest BCUT2D eigenvalue weighted by Crippen LogP contribution is 2.23. The monoisotopic (exact) mass is 385 g/mol. The number of nitrogens with one attached hydrogen (secondary N) is 1. The number of hydrogen-bond acceptors (Lipinski definition) is 7. The molecule has 7 heteroatoms. The first-order valence-electron chi connectivity index (χ1n) is 9.87. The summed E-state index contributed by atoms with van der Waals surface area (Å²) in [5.74, 6) is 4.91. The van der Waals surface area contributed by atoms with Gasteiger partial charge in [0.25, 0.3) is 0 Å². The number of aromatic nitrogens is 3. The standard InChI is InChI=1S/C20H27N5OS/c1-2-4-17(5-3-1)26-20-12-16(6-7-21-20)14-22-18-13-19(24-15-23-18)25-8-10-27-11-9-25/h6-7,12-13,15,17H,1-5,8-11,14H2,(H,22,23,24). The van der Waals surface area contributed by atoms with E-state index in [1.807, 2.05) is 36.2 Å². The first kappa shape index (κ1) is 18.3. The lowest BCUT2D eigenvalue weighted by Crippen LogP contribution is -2.33. The van der Waals surface area contributed by atoms with Gasteiger partial charge in [0.05, 0.1) is 0 Å². The Bertz CT molecular complexity index is 732. The third-order valence-electron chi connectivity index (χ3n) is 5.10. The van der Waals surface area contributed by atoms with Gasteiger partial charge in [0.1, 0.15) is 24.1 Å². The van der Waals surface area contributed by atoms with Crippen molar-refractivity contribution in [3.8, 4) is 5.88 Å². The topological polar surface area (TPSA) is 63.2 Å². The van der Waals surface area contributed by atoms with Crippen molar-refractivity contribution in [2.24, 2.45) is 0 Å². The van der Waals surface area contributed by atoms with Crippen molar-refractivity contribution in [1.82, 2.24) is 15.0 Å². The maximum absolute atomic E-state index is 6.07. The molecule has 1 saturated carbocycles. The lowest BCUT2D eigenvalue weighted by Gasteiger charge is -2.27. The minimum absolute atomic E-state index is 0.321. The number of nitrogens with zero attached hydrogens (tertiary/aromatic N) is 4. The van der Waals surface area contributed by atoms with Gasteiger partial charge in [-0.25, -0.2) is 15.0 Å². The Morgan fingerprint density at radius 3 is 2.78 bits per heavy atom. The Kier molecular flexibility index (Phi) is 6.29. The van der Waals surface area contributed by atoms with Gasteiger partial charge in [-0.3, -0.25) is 0 Å². The molecule has 0 spiro atoms. The van der Waals surface area contributed by atoms with Crippen LogP contribution < -0.4 is 15.0 Å². The fourth-order valence-corrected chi connectivity index (χ4v) is 4.48. The molecule has 2 aliphatic rings. The van der Waals surface area contributed by atoms with Crippen molar-refractivity contribution in [3.05, 3.63) is 36.3 Å². The summed E-state index contributed by atoms with van der Waals surface area (Å²) < 4.78 is 6.07. The molecule has 1 N–H and O–H groups in total. The zero-order valence-corrected chi connectivity index (χ0v) is 16.5. The molecule has 0 unspecified atom stereocenters. The minimum atomic E-state index is 0.321. The molecule has 2 aromatic rings. The largest absolute Gasteiger partial charge is 0.474 e. The summed E-state index contributed by atoms with van der Waals surface area (Å²) in [5, 5.41) is 3.40. The number of rotatable bonds is 6. The lowest BCUT2D eigenvalue weighted by molar-refractivity contribution is 0.148. The van der Waals surface area contributed by atoms with E-state index >= 15 is 0 Å². The van der Waals surface area contributed by atoms with Crippen LogP contribution in [0.4, 0.5) is 11.6 Å². The molecule has 1 aliphatic carbocycles. The van der Waals surface area contributed by atoms with Crippen LogP contribution in [-0.4, -0.2) is 45.7 Å². The summed E-state index contributed by atoms with van der Waals surface area (Å²) in [6, 6.07) is 6.09. The highest BCUT2D eigenvalue weighted by Gasteiger charge is 2.16. The van der Waals surface area contributed by atoms with Gasteiger partial charge in [-0.2, -0.15) is 11.8 Å². The number of anilines is 2.